The molecule has 0 fully saturated rings. The second-order valence-electron chi connectivity index (χ2n) is 5.18. The van der Waals surface area contributed by atoms with Crippen LogP contribution in [0, 0.1) is 5.92 Å². The van der Waals surface area contributed by atoms with Crippen LogP contribution in [0.15, 0.2) is 0 Å². The Kier molecular flexibility index (Phi) is 8.29. The second-order valence-corrected chi connectivity index (χ2v) is 7.38. The predicted octanol–water partition coefficient (Wildman–Crippen LogP) is 2.95. The topological polar surface area (TPSA) is 29.1 Å². The first-order valence-electron chi connectivity index (χ1n) is 6.52. The summed E-state index contributed by atoms with van der Waals surface area (Å²) in [5.74, 6) is 0.502. The standard InChI is InChI=1S/C13H29NOS/c1-7-8-14-11(4)9-12(5)16(15)13(6)10(2)3/h10-14H,7-9H2,1-6H3. The van der Waals surface area contributed by atoms with E-state index < -0.39 is 10.8 Å². The van der Waals surface area contributed by atoms with Crippen molar-refractivity contribution in [3.63, 3.8) is 0 Å². The highest BCUT2D eigenvalue weighted by Gasteiger charge is 2.22. The summed E-state index contributed by atoms with van der Waals surface area (Å²) in [5, 5.41) is 4.04. The first kappa shape index (κ1) is 16.1. The van der Waals surface area contributed by atoms with E-state index in [4.69, 9.17) is 0 Å². The lowest BCUT2D eigenvalue weighted by atomic mass is 10.1. The van der Waals surface area contributed by atoms with Gasteiger partial charge in [0.05, 0.1) is 0 Å². The molecule has 1 N–H and O–H groups in total. The van der Waals surface area contributed by atoms with Gasteiger partial charge in [0.1, 0.15) is 0 Å². The van der Waals surface area contributed by atoms with Crippen LogP contribution in [-0.4, -0.2) is 27.3 Å². The van der Waals surface area contributed by atoms with E-state index in [-0.39, 0.29) is 5.25 Å². The average molecular weight is 247 g/mol. The number of hydrogen-bond donors (Lipinski definition) is 1. The SMILES string of the molecule is CCCNC(C)CC(C)S(=O)C(C)C(C)C. The van der Waals surface area contributed by atoms with Crippen LogP contribution >= 0.6 is 0 Å². The van der Waals surface area contributed by atoms with Crippen molar-refractivity contribution in [1.29, 1.82) is 0 Å². The summed E-state index contributed by atoms with van der Waals surface area (Å²) in [6.45, 7) is 13.9. The van der Waals surface area contributed by atoms with Gasteiger partial charge in [-0.1, -0.05) is 34.6 Å². The minimum atomic E-state index is -0.706. The fraction of sp³-hybridized carbons (Fsp3) is 1.00. The Morgan fingerprint density at radius 3 is 2.12 bits per heavy atom. The van der Waals surface area contributed by atoms with Crippen LogP contribution in [0.3, 0.4) is 0 Å². The molecule has 0 aromatic rings. The molecule has 98 valence electrons. The smallest absolute Gasteiger partial charge is 0.0345 e. The van der Waals surface area contributed by atoms with Crippen LogP contribution in [0.4, 0.5) is 0 Å². The molecule has 0 spiro atoms. The zero-order valence-electron chi connectivity index (χ0n) is 11.7. The molecule has 0 aromatic heterocycles. The Morgan fingerprint density at radius 1 is 1.12 bits per heavy atom. The van der Waals surface area contributed by atoms with Crippen LogP contribution < -0.4 is 5.32 Å². The van der Waals surface area contributed by atoms with E-state index in [9.17, 15) is 4.21 Å². The molecule has 0 saturated carbocycles. The van der Waals surface area contributed by atoms with E-state index in [0.717, 1.165) is 19.4 Å². The van der Waals surface area contributed by atoms with Crippen molar-refractivity contribution in [2.24, 2.45) is 5.92 Å². The Balaban J connectivity index is 4.04. The lowest BCUT2D eigenvalue weighted by Gasteiger charge is -2.23. The van der Waals surface area contributed by atoms with Crippen molar-refractivity contribution in [2.75, 3.05) is 6.54 Å². The van der Waals surface area contributed by atoms with Crippen molar-refractivity contribution in [3.05, 3.63) is 0 Å². The van der Waals surface area contributed by atoms with Crippen molar-refractivity contribution in [3.8, 4) is 0 Å². The third kappa shape index (κ3) is 6.00. The van der Waals surface area contributed by atoms with Gasteiger partial charge in [0.15, 0.2) is 0 Å². The molecule has 0 amide bonds. The van der Waals surface area contributed by atoms with Gasteiger partial charge in [-0.05, 0) is 32.2 Å². The zero-order chi connectivity index (χ0) is 12.7. The van der Waals surface area contributed by atoms with E-state index in [1.165, 1.54) is 0 Å². The first-order chi connectivity index (χ1) is 7.40. The summed E-state index contributed by atoms with van der Waals surface area (Å²) in [6.07, 6.45) is 2.16. The van der Waals surface area contributed by atoms with Crippen LogP contribution in [0.5, 0.6) is 0 Å². The molecule has 0 saturated heterocycles. The molecule has 0 bridgehead atoms. The van der Waals surface area contributed by atoms with Crippen molar-refractivity contribution < 1.29 is 4.21 Å². The molecule has 0 aliphatic rings. The van der Waals surface area contributed by atoms with Gasteiger partial charge < -0.3 is 5.32 Å². The van der Waals surface area contributed by atoms with Gasteiger partial charge in [0.25, 0.3) is 0 Å². The summed E-state index contributed by atoms with van der Waals surface area (Å²) in [7, 11) is -0.706. The number of rotatable bonds is 8. The van der Waals surface area contributed by atoms with Crippen LogP contribution in [-0.2, 0) is 10.8 Å². The molecule has 4 atom stereocenters. The average Bonchev–Trinajstić information content (AvgIpc) is 2.23. The molecule has 0 aliphatic heterocycles. The molecule has 4 unspecified atom stereocenters. The Morgan fingerprint density at radius 2 is 1.69 bits per heavy atom. The number of nitrogens with one attached hydrogen (secondary N) is 1. The molecule has 3 heteroatoms. The largest absolute Gasteiger partial charge is 0.314 e. The second kappa shape index (κ2) is 8.24. The maximum absolute atomic E-state index is 12.2. The van der Waals surface area contributed by atoms with Gasteiger partial charge >= 0.3 is 0 Å². The first-order valence-corrected chi connectivity index (χ1v) is 7.80. The maximum atomic E-state index is 12.2. The molecule has 0 heterocycles. The summed E-state index contributed by atoms with van der Waals surface area (Å²) >= 11 is 0. The minimum Gasteiger partial charge on any atom is -0.314 e. The van der Waals surface area contributed by atoms with Crippen LogP contribution in [0.1, 0.15) is 54.4 Å². The van der Waals surface area contributed by atoms with E-state index in [1.807, 2.05) is 0 Å². The summed E-state index contributed by atoms with van der Waals surface area (Å²) in [4.78, 5) is 0. The lowest BCUT2D eigenvalue weighted by Crippen LogP contribution is -2.34. The maximum Gasteiger partial charge on any atom is 0.0345 e. The quantitative estimate of drug-likeness (QED) is 0.714. The molecular formula is C13H29NOS. The third-order valence-electron chi connectivity index (χ3n) is 3.13. The Labute approximate surface area is 104 Å². The molecule has 0 radical (unpaired) electrons. The molecular weight excluding hydrogens is 218 g/mol. The van der Waals surface area contributed by atoms with Crippen LogP contribution in [0.2, 0.25) is 0 Å². The predicted molar refractivity (Wildman–Crippen MR) is 74.3 cm³/mol. The zero-order valence-corrected chi connectivity index (χ0v) is 12.6. The monoisotopic (exact) mass is 247 g/mol. The Hall–Kier alpha value is 0.110. The molecule has 0 rings (SSSR count). The summed E-state index contributed by atoms with van der Waals surface area (Å²) < 4.78 is 12.2. The van der Waals surface area contributed by atoms with Gasteiger partial charge in [0, 0.05) is 27.3 Å². The van der Waals surface area contributed by atoms with Gasteiger partial charge in [-0.15, -0.1) is 0 Å². The van der Waals surface area contributed by atoms with Gasteiger partial charge in [-0.25, -0.2) is 0 Å². The number of hydrogen-bond acceptors (Lipinski definition) is 2. The molecule has 0 aliphatic carbocycles. The summed E-state index contributed by atoms with van der Waals surface area (Å²) in [5.41, 5.74) is 0. The molecule has 16 heavy (non-hydrogen) atoms. The van der Waals surface area contributed by atoms with Crippen molar-refractivity contribution in [1.82, 2.24) is 5.32 Å². The van der Waals surface area contributed by atoms with Gasteiger partial charge in [-0.2, -0.15) is 0 Å². The fourth-order valence-corrected chi connectivity index (χ4v) is 3.45. The lowest BCUT2D eigenvalue weighted by molar-refractivity contribution is 0.504. The van der Waals surface area contributed by atoms with Crippen molar-refractivity contribution in [2.45, 2.75) is 70.9 Å². The van der Waals surface area contributed by atoms with E-state index in [0.29, 0.717) is 17.2 Å². The van der Waals surface area contributed by atoms with E-state index in [1.54, 1.807) is 0 Å². The minimum absolute atomic E-state index is 0.289. The summed E-state index contributed by atoms with van der Waals surface area (Å²) in [6, 6.07) is 0.471. The highest BCUT2D eigenvalue weighted by Crippen LogP contribution is 2.15. The van der Waals surface area contributed by atoms with Crippen LogP contribution in [0.25, 0.3) is 0 Å². The molecule has 0 aromatic carbocycles. The molecule has 2 nitrogen and oxygen atoms in total. The van der Waals surface area contributed by atoms with Gasteiger partial charge in [-0.3, -0.25) is 4.21 Å². The fourth-order valence-electron chi connectivity index (χ4n) is 1.70. The van der Waals surface area contributed by atoms with Crippen molar-refractivity contribution >= 4 is 10.8 Å². The highest BCUT2D eigenvalue weighted by atomic mass is 32.2. The van der Waals surface area contributed by atoms with E-state index >= 15 is 0 Å². The van der Waals surface area contributed by atoms with E-state index in [2.05, 4.69) is 46.9 Å². The third-order valence-corrected chi connectivity index (χ3v) is 5.39. The Bertz CT molecular complexity index is 206. The van der Waals surface area contributed by atoms with Gasteiger partial charge in [0.2, 0.25) is 0 Å². The highest BCUT2D eigenvalue weighted by molar-refractivity contribution is 7.86. The normalized spacial score (nSPS) is 19.4.